The van der Waals surface area contributed by atoms with Gasteiger partial charge in [-0.3, -0.25) is 14.4 Å². The standard InChI is InChI=1S/C25H38N3O11PS/c1-15(2)21(31)38-18(5)39-23(33)27-17(4)25(34,40-35)24(22(32)26-16(3)20(29)30)11-13-28(14-12-24)41(36,37)19-9-7-6-8-10-19/h6-10,15-18,34H,11-14,40H2,1-5H3,(H,26,32)(H,27,33)(H,29,30). The van der Waals surface area contributed by atoms with Gasteiger partial charge in [0.2, 0.25) is 22.2 Å². The lowest BCUT2D eigenvalue weighted by atomic mass is 9.70. The van der Waals surface area contributed by atoms with Gasteiger partial charge in [-0.2, -0.15) is 4.31 Å². The smallest absolute Gasteiger partial charge is 0.410 e. The van der Waals surface area contributed by atoms with Crippen molar-refractivity contribution in [2.45, 2.75) is 76.1 Å². The largest absolute Gasteiger partial charge is 0.480 e. The van der Waals surface area contributed by atoms with Crippen molar-refractivity contribution in [1.82, 2.24) is 14.9 Å². The van der Waals surface area contributed by atoms with Gasteiger partial charge in [-0.05, 0) is 38.8 Å². The maximum absolute atomic E-state index is 13.6. The minimum atomic E-state index is -3.97. The summed E-state index contributed by atoms with van der Waals surface area (Å²) in [7, 11) is -6.20. The van der Waals surface area contributed by atoms with Crippen molar-refractivity contribution in [3.8, 4) is 0 Å². The minimum absolute atomic E-state index is 0.0197. The van der Waals surface area contributed by atoms with Gasteiger partial charge >= 0.3 is 18.0 Å². The van der Waals surface area contributed by atoms with Crippen LogP contribution in [0, 0.1) is 11.3 Å². The van der Waals surface area contributed by atoms with Gasteiger partial charge in [0.25, 0.3) is 0 Å². The van der Waals surface area contributed by atoms with Crippen LogP contribution in [0.3, 0.4) is 0 Å². The van der Waals surface area contributed by atoms with E-state index in [9.17, 15) is 42.4 Å². The Kier molecular flexibility index (Phi) is 11.5. The van der Waals surface area contributed by atoms with E-state index in [1.54, 1.807) is 32.0 Å². The first-order chi connectivity index (χ1) is 19.0. The van der Waals surface area contributed by atoms with Gasteiger partial charge in [0.1, 0.15) is 11.4 Å². The normalized spacial score (nSPS) is 19.5. The van der Waals surface area contributed by atoms with Crippen LogP contribution in [0.4, 0.5) is 4.79 Å². The SMILES string of the molecule is CC(OC(=O)NC(C)C(O)([PH2]=O)C1(C(=O)NC(C)C(=O)O)CCN(S(=O)(=O)c2ccccc2)CC1)OC(=O)C(C)C. The van der Waals surface area contributed by atoms with Gasteiger partial charge < -0.3 is 34.9 Å². The average Bonchev–Trinajstić information content (AvgIpc) is 2.92. The van der Waals surface area contributed by atoms with Crippen molar-refractivity contribution in [2.75, 3.05) is 13.1 Å². The molecule has 2 rings (SSSR count). The van der Waals surface area contributed by atoms with Crippen LogP contribution in [-0.4, -0.2) is 83.7 Å². The molecule has 1 aromatic rings. The highest BCUT2D eigenvalue weighted by Crippen LogP contribution is 2.50. The Morgan fingerprint density at radius 2 is 1.56 bits per heavy atom. The quantitative estimate of drug-likeness (QED) is 0.148. The number of rotatable bonds is 12. The monoisotopic (exact) mass is 619 g/mol. The highest BCUT2D eigenvalue weighted by atomic mass is 32.2. The van der Waals surface area contributed by atoms with Crippen molar-refractivity contribution in [2.24, 2.45) is 11.3 Å². The summed E-state index contributed by atoms with van der Waals surface area (Å²) in [5.74, 6) is -3.44. The number of aliphatic carboxylic acids is 1. The zero-order valence-corrected chi connectivity index (χ0v) is 25.5. The Morgan fingerprint density at radius 3 is 2.05 bits per heavy atom. The van der Waals surface area contributed by atoms with Crippen molar-refractivity contribution >= 4 is 42.4 Å². The molecule has 5 atom stereocenters. The second-order valence-corrected chi connectivity index (χ2v) is 13.3. The Morgan fingerprint density at radius 1 is 1.00 bits per heavy atom. The van der Waals surface area contributed by atoms with Crippen LogP contribution in [0.2, 0.25) is 0 Å². The number of carboxylic acid groups (broad SMARTS) is 1. The number of aliphatic hydroxyl groups is 1. The predicted octanol–water partition coefficient (Wildman–Crippen LogP) is 1.15. The molecule has 1 heterocycles. The maximum atomic E-state index is 13.6. The molecule has 0 aliphatic carbocycles. The lowest BCUT2D eigenvalue weighted by Gasteiger charge is -2.50. The Balaban J connectivity index is 2.36. The molecule has 16 heteroatoms. The van der Waals surface area contributed by atoms with E-state index in [0.29, 0.717) is 0 Å². The number of esters is 1. The van der Waals surface area contributed by atoms with E-state index in [4.69, 9.17) is 9.47 Å². The zero-order chi connectivity index (χ0) is 31.2. The zero-order valence-electron chi connectivity index (χ0n) is 23.5. The molecule has 0 bridgehead atoms. The van der Waals surface area contributed by atoms with Crippen LogP contribution in [0.1, 0.15) is 47.5 Å². The van der Waals surface area contributed by atoms with E-state index in [1.807, 2.05) is 0 Å². The lowest BCUT2D eigenvalue weighted by Crippen LogP contribution is -2.66. The molecule has 1 saturated heterocycles. The fourth-order valence-corrected chi connectivity index (χ4v) is 6.88. The number of hydrogen-bond donors (Lipinski definition) is 4. The molecule has 1 aromatic carbocycles. The number of carboxylic acids is 1. The fraction of sp³-hybridized carbons (Fsp3) is 0.600. The molecular formula is C25H38N3O11PS. The molecule has 5 unspecified atom stereocenters. The molecule has 41 heavy (non-hydrogen) atoms. The first kappa shape index (κ1) is 34.2. The van der Waals surface area contributed by atoms with E-state index in [2.05, 4.69) is 10.6 Å². The Labute approximate surface area is 240 Å². The van der Waals surface area contributed by atoms with E-state index >= 15 is 0 Å². The molecule has 0 radical (unpaired) electrons. The van der Waals surface area contributed by atoms with Crippen LogP contribution in [-0.2, 0) is 38.4 Å². The van der Waals surface area contributed by atoms with Crippen molar-refractivity contribution in [3.63, 3.8) is 0 Å². The molecule has 0 spiro atoms. The molecular weight excluding hydrogens is 581 g/mol. The maximum Gasteiger partial charge on any atom is 0.410 e. The summed E-state index contributed by atoms with van der Waals surface area (Å²) in [5.41, 5.74) is -1.96. The number of nitrogens with zero attached hydrogens (tertiary/aromatic N) is 1. The molecule has 1 aliphatic heterocycles. The summed E-state index contributed by atoms with van der Waals surface area (Å²) >= 11 is 0. The average molecular weight is 620 g/mol. The van der Waals surface area contributed by atoms with Gasteiger partial charge in [-0.25, -0.2) is 13.2 Å². The van der Waals surface area contributed by atoms with E-state index in [1.165, 1.54) is 32.9 Å². The summed E-state index contributed by atoms with van der Waals surface area (Å²) in [4.78, 5) is 49.4. The van der Waals surface area contributed by atoms with E-state index in [0.717, 1.165) is 4.31 Å². The number of benzene rings is 1. The number of ether oxygens (including phenoxy) is 2. The third kappa shape index (κ3) is 7.64. The van der Waals surface area contributed by atoms with Crippen LogP contribution in [0.25, 0.3) is 0 Å². The second-order valence-electron chi connectivity index (χ2n) is 10.2. The summed E-state index contributed by atoms with van der Waals surface area (Å²) in [5, 5.41) is 23.3. The number of carbonyl (C=O) groups is 4. The first-order valence-corrected chi connectivity index (χ1v) is 15.5. The number of carbonyl (C=O) groups excluding carboxylic acids is 3. The van der Waals surface area contributed by atoms with Gasteiger partial charge in [-0.15, -0.1) is 0 Å². The van der Waals surface area contributed by atoms with Crippen LogP contribution >= 0.6 is 8.46 Å². The van der Waals surface area contributed by atoms with Crippen LogP contribution in [0.5, 0.6) is 0 Å². The summed E-state index contributed by atoms with van der Waals surface area (Å²) in [6.07, 6.45) is -3.13. The van der Waals surface area contributed by atoms with Crippen LogP contribution in [0.15, 0.2) is 35.2 Å². The number of piperidine rings is 1. The first-order valence-electron chi connectivity index (χ1n) is 13.0. The molecule has 1 aliphatic rings. The molecule has 230 valence electrons. The Bertz CT molecular complexity index is 1240. The fourth-order valence-electron chi connectivity index (χ4n) is 4.48. The number of nitrogens with one attached hydrogen (secondary N) is 2. The van der Waals surface area contributed by atoms with Gasteiger partial charge in [0.15, 0.2) is 0 Å². The summed E-state index contributed by atoms with van der Waals surface area (Å²) in [6, 6.07) is 4.79. The van der Waals surface area contributed by atoms with Crippen molar-refractivity contribution in [1.29, 1.82) is 0 Å². The van der Waals surface area contributed by atoms with Crippen LogP contribution < -0.4 is 10.6 Å². The number of alkyl carbamates (subject to hydrolysis) is 1. The Hall–Kier alpha value is -3.00. The number of hydrogen-bond acceptors (Lipinski definition) is 10. The van der Waals surface area contributed by atoms with Gasteiger partial charge in [0.05, 0.1) is 30.7 Å². The minimum Gasteiger partial charge on any atom is -0.480 e. The summed E-state index contributed by atoms with van der Waals surface area (Å²) in [6.45, 7) is 6.40. The van der Waals surface area contributed by atoms with Crippen molar-refractivity contribution < 1.29 is 51.8 Å². The van der Waals surface area contributed by atoms with E-state index < -0.39 is 77.5 Å². The molecule has 2 amide bonds. The molecule has 0 aromatic heterocycles. The topological polar surface area (TPSA) is 206 Å². The molecule has 4 N–H and O–H groups in total. The predicted molar refractivity (Wildman–Crippen MR) is 147 cm³/mol. The van der Waals surface area contributed by atoms with Gasteiger partial charge in [-0.1, -0.05) is 32.0 Å². The van der Waals surface area contributed by atoms with Crippen molar-refractivity contribution in [3.05, 3.63) is 30.3 Å². The number of sulfonamides is 1. The molecule has 14 nitrogen and oxygen atoms in total. The third-order valence-electron chi connectivity index (χ3n) is 7.08. The highest BCUT2D eigenvalue weighted by Gasteiger charge is 2.60. The molecule has 0 saturated carbocycles. The van der Waals surface area contributed by atoms with E-state index in [-0.39, 0.29) is 30.8 Å². The second kappa shape index (κ2) is 13.8. The number of amides is 2. The highest BCUT2D eigenvalue weighted by molar-refractivity contribution is 7.89. The molecule has 1 fully saturated rings. The summed E-state index contributed by atoms with van der Waals surface area (Å²) < 4.78 is 50.1. The van der Waals surface area contributed by atoms with Gasteiger partial charge in [0, 0.05) is 20.0 Å². The lowest BCUT2D eigenvalue weighted by molar-refractivity contribution is -0.169. The third-order valence-corrected chi connectivity index (χ3v) is 10.4.